The van der Waals surface area contributed by atoms with Gasteiger partial charge >= 0.3 is 0 Å². The Bertz CT molecular complexity index is 841. The minimum atomic E-state index is -0.115. The van der Waals surface area contributed by atoms with Gasteiger partial charge in [-0.3, -0.25) is 4.79 Å². The number of carbonyl (C=O) groups is 1. The zero-order chi connectivity index (χ0) is 16.9. The Hall–Kier alpha value is -2.82. The Morgan fingerprint density at radius 1 is 1.25 bits per heavy atom. The maximum atomic E-state index is 12.3. The molecule has 1 amide bonds. The summed E-state index contributed by atoms with van der Waals surface area (Å²) in [6.07, 6.45) is 0.187. The van der Waals surface area contributed by atoms with Crippen molar-refractivity contribution < 1.29 is 14.1 Å². The number of nitrogens with one attached hydrogen (secondary N) is 1. The number of hydrogen-bond donors (Lipinski definition) is 1. The second kappa shape index (κ2) is 7.17. The van der Waals surface area contributed by atoms with Crippen molar-refractivity contribution in [3.63, 3.8) is 0 Å². The van der Waals surface area contributed by atoms with Gasteiger partial charge < -0.3 is 14.6 Å². The molecular weight excluding hydrogens is 304 g/mol. The van der Waals surface area contributed by atoms with E-state index in [9.17, 15) is 4.79 Å². The summed E-state index contributed by atoms with van der Waals surface area (Å²) in [6, 6.07) is 15.2. The van der Waals surface area contributed by atoms with E-state index in [-0.39, 0.29) is 18.4 Å². The molecule has 0 radical (unpaired) electrons. The lowest BCUT2D eigenvalue weighted by atomic mass is 10.1. The molecule has 3 rings (SSSR count). The maximum Gasteiger partial charge on any atom is 0.226 e. The number of amides is 1. The van der Waals surface area contributed by atoms with Gasteiger partial charge in [0.05, 0.1) is 19.1 Å². The summed E-state index contributed by atoms with van der Waals surface area (Å²) in [5, 5.41) is 7.86. The molecule has 0 aliphatic carbocycles. The van der Waals surface area contributed by atoms with E-state index in [0.717, 1.165) is 16.7 Å². The van der Waals surface area contributed by atoms with Crippen LogP contribution in [0.1, 0.15) is 31.1 Å². The molecule has 0 spiro atoms. The summed E-state index contributed by atoms with van der Waals surface area (Å²) < 4.78 is 10.7. The summed E-state index contributed by atoms with van der Waals surface area (Å²) in [7, 11) is 0. The van der Waals surface area contributed by atoms with Gasteiger partial charge in [0.25, 0.3) is 0 Å². The molecule has 24 heavy (non-hydrogen) atoms. The van der Waals surface area contributed by atoms with Crippen molar-refractivity contribution in [2.24, 2.45) is 0 Å². The highest BCUT2D eigenvalue weighted by molar-refractivity contribution is 5.86. The van der Waals surface area contributed by atoms with E-state index in [1.165, 1.54) is 0 Å². The van der Waals surface area contributed by atoms with Crippen LogP contribution < -0.4 is 10.1 Å². The fourth-order valence-electron chi connectivity index (χ4n) is 2.63. The van der Waals surface area contributed by atoms with Crippen molar-refractivity contribution in [3.05, 3.63) is 59.8 Å². The summed E-state index contributed by atoms with van der Waals surface area (Å²) in [5.74, 6) is 0.710. The summed E-state index contributed by atoms with van der Waals surface area (Å²) in [5.41, 5.74) is 2.34. The van der Waals surface area contributed by atoms with Crippen LogP contribution in [0.4, 0.5) is 0 Å². The van der Waals surface area contributed by atoms with Gasteiger partial charge in [-0.15, -0.1) is 0 Å². The van der Waals surface area contributed by atoms with Crippen LogP contribution in [0.3, 0.4) is 0 Å². The van der Waals surface area contributed by atoms with Crippen molar-refractivity contribution in [3.8, 4) is 5.75 Å². The summed E-state index contributed by atoms with van der Waals surface area (Å²) in [6.45, 7) is 4.51. The predicted molar refractivity (Wildman–Crippen MR) is 91.9 cm³/mol. The minimum Gasteiger partial charge on any atom is -0.494 e. The molecule has 0 bridgehead atoms. The van der Waals surface area contributed by atoms with Crippen LogP contribution in [-0.4, -0.2) is 17.7 Å². The van der Waals surface area contributed by atoms with E-state index < -0.39 is 0 Å². The second-order valence-electron chi connectivity index (χ2n) is 5.60. The number of hydrogen-bond acceptors (Lipinski definition) is 4. The van der Waals surface area contributed by atoms with Gasteiger partial charge in [0.2, 0.25) is 5.91 Å². The first-order chi connectivity index (χ1) is 11.7. The van der Waals surface area contributed by atoms with E-state index in [1.54, 1.807) is 0 Å². The lowest BCUT2D eigenvalue weighted by Gasteiger charge is -2.15. The largest absolute Gasteiger partial charge is 0.494 e. The molecule has 0 aliphatic heterocycles. The van der Waals surface area contributed by atoms with E-state index in [2.05, 4.69) is 10.5 Å². The minimum absolute atomic E-state index is 0.0941. The van der Waals surface area contributed by atoms with Crippen LogP contribution in [0.5, 0.6) is 5.75 Å². The molecule has 0 unspecified atom stereocenters. The number of ether oxygens (including phenoxy) is 1. The number of benzene rings is 2. The normalized spacial score (nSPS) is 12.1. The molecule has 1 aromatic heterocycles. The molecule has 124 valence electrons. The lowest BCUT2D eigenvalue weighted by molar-refractivity contribution is -0.121. The smallest absolute Gasteiger partial charge is 0.226 e. The topological polar surface area (TPSA) is 64.4 Å². The standard InChI is InChI=1S/C19H20N2O3/c1-3-23-15-8-6-7-14(11-15)13(2)20-19(22)12-17-16-9-4-5-10-18(16)24-21-17/h4-11,13H,3,12H2,1-2H3,(H,20,22)/t13-/m1/s1. The predicted octanol–water partition coefficient (Wildman–Crippen LogP) is 3.65. The highest BCUT2D eigenvalue weighted by Gasteiger charge is 2.15. The zero-order valence-electron chi connectivity index (χ0n) is 13.8. The van der Waals surface area contributed by atoms with Crippen LogP contribution in [0, 0.1) is 0 Å². The molecule has 3 aromatic rings. The third-order valence-electron chi connectivity index (χ3n) is 3.83. The first kappa shape index (κ1) is 16.1. The first-order valence-electron chi connectivity index (χ1n) is 8.02. The Kier molecular flexibility index (Phi) is 4.79. The molecule has 0 fully saturated rings. The monoisotopic (exact) mass is 324 g/mol. The Morgan fingerprint density at radius 3 is 2.92 bits per heavy atom. The van der Waals surface area contributed by atoms with Gasteiger partial charge in [-0.1, -0.05) is 29.4 Å². The fourth-order valence-corrected chi connectivity index (χ4v) is 2.63. The molecule has 0 saturated heterocycles. The number of rotatable bonds is 6. The molecular formula is C19H20N2O3. The third-order valence-corrected chi connectivity index (χ3v) is 3.83. The van der Waals surface area contributed by atoms with Crippen LogP contribution in [0.2, 0.25) is 0 Å². The van der Waals surface area contributed by atoms with Crippen LogP contribution >= 0.6 is 0 Å². The molecule has 0 aliphatic rings. The summed E-state index contributed by atoms with van der Waals surface area (Å²) in [4.78, 5) is 12.3. The van der Waals surface area contributed by atoms with Crippen molar-refractivity contribution in [1.29, 1.82) is 0 Å². The molecule has 1 N–H and O–H groups in total. The fraction of sp³-hybridized carbons (Fsp3) is 0.263. The number of carbonyl (C=O) groups excluding carboxylic acids is 1. The van der Waals surface area contributed by atoms with Crippen molar-refractivity contribution in [1.82, 2.24) is 10.5 Å². The number of fused-ring (bicyclic) bond motifs is 1. The Balaban J connectivity index is 1.67. The molecule has 5 heteroatoms. The summed E-state index contributed by atoms with van der Waals surface area (Å²) >= 11 is 0. The quantitative estimate of drug-likeness (QED) is 0.752. The SMILES string of the molecule is CCOc1cccc([C@@H](C)NC(=O)Cc2noc3ccccc23)c1. The van der Waals surface area contributed by atoms with E-state index in [0.29, 0.717) is 17.9 Å². The van der Waals surface area contributed by atoms with E-state index >= 15 is 0 Å². The van der Waals surface area contributed by atoms with Gasteiger partial charge in [-0.2, -0.15) is 0 Å². The average molecular weight is 324 g/mol. The lowest BCUT2D eigenvalue weighted by Crippen LogP contribution is -2.28. The van der Waals surface area contributed by atoms with Crippen LogP contribution in [-0.2, 0) is 11.2 Å². The van der Waals surface area contributed by atoms with Gasteiger partial charge in [-0.05, 0) is 43.7 Å². The molecule has 5 nitrogen and oxygen atoms in total. The molecule has 2 aromatic carbocycles. The highest BCUT2D eigenvalue weighted by atomic mass is 16.5. The van der Waals surface area contributed by atoms with E-state index in [1.807, 2.05) is 62.4 Å². The average Bonchev–Trinajstić information content (AvgIpc) is 2.98. The number of aromatic nitrogens is 1. The van der Waals surface area contributed by atoms with Crippen molar-refractivity contribution in [2.45, 2.75) is 26.3 Å². The van der Waals surface area contributed by atoms with Gasteiger partial charge in [0.15, 0.2) is 5.58 Å². The van der Waals surface area contributed by atoms with E-state index in [4.69, 9.17) is 9.26 Å². The Morgan fingerprint density at radius 2 is 2.08 bits per heavy atom. The van der Waals surface area contributed by atoms with Crippen LogP contribution in [0.15, 0.2) is 53.1 Å². The molecule has 1 atom stereocenters. The second-order valence-corrected chi connectivity index (χ2v) is 5.60. The molecule has 0 saturated carbocycles. The first-order valence-corrected chi connectivity index (χ1v) is 8.02. The van der Waals surface area contributed by atoms with Gasteiger partial charge in [-0.25, -0.2) is 0 Å². The highest BCUT2D eigenvalue weighted by Crippen LogP contribution is 2.21. The van der Waals surface area contributed by atoms with Gasteiger partial charge in [0.1, 0.15) is 11.4 Å². The third kappa shape index (κ3) is 3.56. The molecule has 1 heterocycles. The number of nitrogens with zero attached hydrogens (tertiary/aromatic N) is 1. The zero-order valence-corrected chi connectivity index (χ0v) is 13.8. The van der Waals surface area contributed by atoms with Crippen LogP contribution in [0.25, 0.3) is 11.0 Å². The maximum absolute atomic E-state index is 12.3. The van der Waals surface area contributed by atoms with Gasteiger partial charge in [0, 0.05) is 5.39 Å². The van der Waals surface area contributed by atoms with Crippen molar-refractivity contribution in [2.75, 3.05) is 6.61 Å². The Labute approximate surface area is 140 Å². The van der Waals surface area contributed by atoms with Crippen molar-refractivity contribution >= 4 is 16.9 Å². The number of para-hydroxylation sites is 1.